The van der Waals surface area contributed by atoms with Crippen molar-refractivity contribution in [2.75, 3.05) is 12.4 Å². The van der Waals surface area contributed by atoms with Gasteiger partial charge in [0, 0.05) is 17.5 Å². The Morgan fingerprint density at radius 3 is 2.36 bits per heavy atom. The Morgan fingerprint density at radius 2 is 1.82 bits per heavy atom. The zero-order chi connectivity index (χ0) is 16.3. The van der Waals surface area contributed by atoms with Gasteiger partial charge in [-0.15, -0.1) is 0 Å². The molecule has 0 fully saturated rings. The number of anilines is 1. The van der Waals surface area contributed by atoms with Crippen LogP contribution in [0.2, 0.25) is 10.0 Å². The minimum atomic E-state index is -0.658. The van der Waals surface area contributed by atoms with Gasteiger partial charge in [-0.1, -0.05) is 35.3 Å². The Kier molecular flexibility index (Phi) is 5.00. The minimum absolute atomic E-state index is 0.0248. The first-order valence-electron chi connectivity index (χ1n) is 6.24. The number of esters is 1. The van der Waals surface area contributed by atoms with E-state index in [-0.39, 0.29) is 16.6 Å². The average Bonchev–Trinajstić information content (AvgIpc) is 2.47. The fourth-order valence-electron chi connectivity index (χ4n) is 1.84. The number of aromatic nitrogens is 1. The topological polar surface area (TPSA) is 68.3 Å². The highest BCUT2D eigenvalue weighted by Crippen LogP contribution is 2.31. The van der Waals surface area contributed by atoms with Crippen LogP contribution in [0.15, 0.2) is 30.3 Å². The second-order valence-electron chi connectivity index (χ2n) is 4.39. The van der Waals surface area contributed by atoms with E-state index in [1.54, 1.807) is 24.3 Å². The summed E-state index contributed by atoms with van der Waals surface area (Å²) in [5.41, 5.74) is 1.45. The zero-order valence-electron chi connectivity index (χ0n) is 11.8. The van der Waals surface area contributed by atoms with Crippen molar-refractivity contribution in [1.29, 1.82) is 0 Å². The third kappa shape index (κ3) is 3.55. The van der Waals surface area contributed by atoms with Gasteiger partial charge in [0.25, 0.3) is 0 Å². The number of pyridine rings is 1. The molecule has 0 atom stereocenters. The molecule has 0 unspecified atom stereocenters. The summed E-state index contributed by atoms with van der Waals surface area (Å²) in [4.78, 5) is 27.3. The van der Waals surface area contributed by atoms with Crippen LogP contribution in [0.5, 0.6) is 0 Å². The normalized spacial score (nSPS) is 10.2. The smallest absolute Gasteiger partial charge is 0.358 e. The standard InChI is InChI=1S/C15H12Cl2N2O3/c1-8(20)18-12-7-11(17)14(15(21)22-2)19-13(12)9-3-5-10(16)6-4-9/h3-7H,1-2H3,(H,18,20). The van der Waals surface area contributed by atoms with Crippen molar-refractivity contribution in [1.82, 2.24) is 4.98 Å². The van der Waals surface area contributed by atoms with Crippen LogP contribution < -0.4 is 5.32 Å². The molecule has 114 valence electrons. The summed E-state index contributed by atoms with van der Waals surface area (Å²) in [6.07, 6.45) is 0. The number of ether oxygens (including phenoxy) is 1. The summed E-state index contributed by atoms with van der Waals surface area (Å²) < 4.78 is 4.65. The maximum absolute atomic E-state index is 11.7. The van der Waals surface area contributed by atoms with Crippen LogP contribution in [0.1, 0.15) is 17.4 Å². The molecule has 0 aliphatic carbocycles. The summed E-state index contributed by atoms with van der Waals surface area (Å²) in [6.45, 7) is 1.37. The Morgan fingerprint density at radius 1 is 1.18 bits per heavy atom. The van der Waals surface area contributed by atoms with Gasteiger partial charge in [-0.2, -0.15) is 0 Å². The third-order valence-electron chi connectivity index (χ3n) is 2.78. The quantitative estimate of drug-likeness (QED) is 0.864. The number of methoxy groups -OCH3 is 1. The lowest BCUT2D eigenvalue weighted by atomic mass is 10.1. The van der Waals surface area contributed by atoms with E-state index in [9.17, 15) is 9.59 Å². The number of carbonyl (C=O) groups is 2. The first-order valence-corrected chi connectivity index (χ1v) is 7.00. The number of rotatable bonds is 3. The highest BCUT2D eigenvalue weighted by atomic mass is 35.5. The Labute approximate surface area is 137 Å². The van der Waals surface area contributed by atoms with Gasteiger partial charge in [-0.3, -0.25) is 4.79 Å². The molecular weight excluding hydrogens is 327 g/mol. The summed E-state index contributed by atoms with van der Waals surface area (Å²) in [7, 11) is 1.24. The predicted octanol–water partition coefficient (Wildman–Crippen LogP) is 3.80. The van der Waals surface area contributed by atoms with Crippen molar-refractivity contribution in [3.05, 3.63) is 46.1 Å². The molecule has 0 aliphatic rings. The number of hydrogen-bond donors (Lipinski definition) is 1. The number of nitrogens with zero attached hydrogens (tertiary/aromatic N) is 1. The van der Waals surface area contributed by atoms with Gasteiger partial charge in [0.15, 0.2) is 5.69 Å². The molecule has 1 N–H and O–H groups in total. The van der Waals surface area contributed by atoms with Crippen LogP contribution in [0.3, 0.4) is 0 Å². The van der Waals surface area contributed by atoms with Gasteiger partial charge >= 0.3 is 5.97 Å². The van der Waals surface area contributed by atoms with E-state index < -0.39 is 5.97 Å². The highest BCUT2D eigenvalue weighted by Gasteiger charge is 2.18. The third-order valence-corrected chi connectivity index (χ3v) is 3.32. The lowest BCUT2D eigenvalue weighted by Crippen LogP contribution is -2.11. The summed E-state index contributed by atoms with van der Waals surface area (Å²) in [6, 6.07) is 8.28. The molecule has 22 heavy (non-hydrogen) atoms. The van der Waals surface area contributed by atoms with Crippen LogP contribution >= 0.6 is 23.2 Å². The summed E-state index contributed by atoms with van der Waals surface area (Å²) >= 11 is 11.9. The molecular formula is C15H12Cl2N2O3. The number of nitrogens with one attached hydrogen (secondary N) is 1. The summed E-state index contributed by atoms with van der Waals surface area (Å²) in [5, 5.41) is 3.29. The van der Waals surface area contributed by atoms with Crippen molar-refractivity contribution in [2.24, 2.45) is 0 Å². The van der Waals surface area contributed by atoms with Crippen molar-refractivity contribution in [3.63, 3.8) is 0 Å². The molecule has 2 aromatic rings. The maximum Gasteiger partial charge on any atom is 0.358 e. The van der Waals surface area contributed by atoms with E-state index in [2.05, 4.69) is 15.0 Å². The van der Waals surface area contributed by atoms with Crippen LogP contribution in [0.4, 0.5) is 5.69 Å². The number of halogens is 2. The van der Waals surface area contributed by atoms with Gasteiger partial charge in [-0.05, 0) is 18.2 Å². The van der Waals surface area contributed by atoms with E-state index in [0.29, 0.717) is 22.0 Å². The lowest BCUT2D eigenvalue weighted by Gasteiger charge is -2.12. The predicted molar refractivity (Wildman–Crippen MR) is 85.3 cm³/mol. The second-order valence-corrected chi connectivity index (χ2v) is 5.24. The van der Waals surface area contributed by atoms with E-state index in [1.807, 2.05) is 0 Å². The molecule has 5 nitrogen and oxygen atoms in total. The number of benzene rings is 1. The summed E-state index contributed by atoms with van der Waals surface area (Å²) in [5.74, 6) is -0.937. The fraction of sp³-hybridized carbons (Fsp3) is 0.133. The molecule has 0 saturated carbocycles. The SMILES string of the molecule is COC(=O)c1nc(-c2ccc(Cl)cc2)c(NC(C)=O)cc1Cl. The zero-order valence-corrected chi connectivity index (χ0v) is 13.3. The largest absolute Gasteiger partial charge is 0.464 e. The van der Waals surface area contributed by atoms with Gasteiger partial charge in [0.2, 0.25) is 5.91 Å². The van der Waals surface area contributed by atoms with E-state index in [4.69, 9.17) is 23.2 Å². The fourth-order valence-corrected chi connectivity index (χ4v) is 2.20. The molecule has 2 rings (SSSR count). The highest BCUT2D eigenvalue weighted by molar-refractivity contribution is 6.33. The molecule has 1 amide bonds. The Hall–Kier alpha value is -2.11. The number of hydrogen-bond acceptors (Lipinski definition) is 4. The van der Waals surface area contributed by atoms with Crippen LogP contribution in [0, 0.1) is 0 Å². The number of amides is 1. The van der Waals surface area contributed by atoms with Gasteiger partial charge in [0.05, 0.1) is 23.5 Å². The van der Waals surface area contributed by atoms with E-state index in [0.717, 1.165) is 0 Å². The average molecular weight is 339 g/mol. The molecule has 0 bridgehead atoms. The van der Waals surface area contributed by atoms with Crippen LogP contribution in [-0.2, 0) is 9.53 Å². The van der Waals surface area contributed by atoms with Gasteiger partial charge in [0.1, 0.15) is 0 Å². The van der Waals surface area contributed by atoms with Crippen molar-refractivity contribution < 1.29 is 14.3 Å². The van der Waals surface area contributed by atoms with Gasteiger partial charge in [-0.25, -0.2) is 9.78 Å². The van der Waals surface area contributed by atoms with Crippen molar-refractivity contribution in [3.8, 4) is 11.3 Å². The molecule has 1 heterocycles. The lowest BCUT2D eigenvalue weighted by molar-refractivity contribution is -0.114. The molecule has 1 aromatic carbocycles. The second kappa shape index (κ2) is 6.77. The minimum Gasteiger partial charge on any atom is -0.464 e. The maximum atomic E-state index is 11.7. The molecule has 0 saturated heterocycles. The first kappa shape index (κ1) is 16.3. The Balaban J connectivity index is 2.63. The number of carbonyl (C=O) groups excluding carboxylic acids is 2. The Bertz CT molecular complexity index is 730. The first-order chi connectivity index (χ1) is 10.4. The van der Waals surface area contributed by atoms with Crippen molar-refractivity contribution in [2.45, 2.75) is 6.92 Å². The molecule has 1 aromatic heterocycles. The van der Waals surface area contributed by atoms with Crippen LogP contribution in [0.25, 0.3) is 11.3 Å². The monoisotopic (exact) mass is 338 g/mol. The van der Waals surface area contributed by atoms with Crippen molar-refractivity contribution >= 4 is 40.8 Å². The van der Waals surface area contributed by atoms with Crippen LogP contribution in [-0.4, -0.2) is 24.0 Å². The van der Waals surface area contributed by atoms with E-state index in [1.165, 1.54) is 20.1 Å². The molecule has 0 radical (unpaired) electrons. The molecule has 0 aliphatic heterocycles. The van der Waals surface area contributed by atoms with E-state index >= 15 is 0 Å². The van der Waals surface area contributed by atoms with Gasteiger partial charge < -0.3 is 10.1 Å². The molecule has 7 heteroatoms. The molecule has 0 spiro atoms.